The molecular weight excluding hydrogens is 665 g/mol. The monoisotopic (exact) mass is 717 g/mol. The molecule has 2 aliphatic carbocycles. The minimum atomic E-state index is -1.29. The van der Waals surface area contributed by atoms with Crippen molar-refractivity contribution in [2.75, 3.05) is 19.2 Å². The molecule has 4 aromatic rings. The zero-order chi connectivity index (χ0) is 36.6. The molecule has 2 aromatic carbocycles. The van der Waals surface area contributed by atoms with Gasteiger partial charge in [-0.25, -0.2) is 15.0 Å². The van der Waals surface area contributed by atoms with Crippen molar-refractivity contribution in [3.05, 3.63) is 84.4 Å². The number of carbonyl (C=O) groups excluding carboxylic acids is 2. The van der Waals surface area contributed by atoms with Crippen molar-refractivity contribution in [3.63, 3.8) is 0 Å². The number of imidazole rings is 1. The highest BCUT2D eigenvalue weighted by atomic mass is 31.1. The summed E-state index contributed by atoms with van der Waals surface area (Å²) in [5.41, 5.74) is 8.01. The first-order valence-corrected chi connectivity index (χ1v) is 19.1. The molecule has 51 heavy (non-hydrogen) atoms. The Balaban J connectivity index is 0.000000351. The maximum absolute atomic E-state index is 13.1. The number of benzene rings is 2. The van der Waals surface area contributed by atoms with Crippen molar-refractivity contribution in [1.82, 2.24) is 29.7 Å². The first-order valence-electron chi connectivity index (χ1n) is 17.5. The number of methoxy groups -OCH3 is 1. The quantitative estimate of drug-likeness (QED) is 0.0744. The molecule has 4 N–H and O–H groups in total. The molecule has 0 saturated heterocycles. The van der Waals surface area contributed by atoms with E-state index in [-0.39, 0.29) is 24.5 Å². The van der Waals surface area contributed by atoms with E-state index in [1.807, 2.05) is 29.7 Å². The number of ether oxygens (including phenoxy) is 3. The molecule has 2 unspecified atom stereocenters. The highest BCUT2D eigenvalue weighted by molar-refractivity contribution is 7.53. The number of nitrogens with zero attached hydrogens (tertiary/aromatic N) is 4. The summed E-state index contributed by atoms with van der Waals surface area (Å²) in [6.45, 7) is 9.57. The van der Waals surface area contributed by atoms with Crippen molar-refractivity contribution < 1.29 is 23.8 Å². The van der Waals surface area contributed by atoms with Crippen molar-refractivity contribution in [3.8, 4) is 0 Å². The van der Waals surface area contributed by atoms with Gasteiger partial charge in [0.1, 0.15) is 29.8 Å². The average Bonchev–Trinajstić information content (AvgIpc) is 3.49. The first-order chi connectivity index (χ1) is 24.4. The van der Waals surface area contributed by atoms with Crippen molar-refractivity contribution in [1.29, 1.82) is 0 Å². The van der Waals surface area contributed by atoms with Gasteiger partial charge in [-0.05, 0) is 83.3 Å². The van der Waals surface area contributed by atoms with Crippen LogP contribution in [0.15, 0.2) is 73.3 Å². The lowest BCUT2D eigenvalue weighted by Crippen LogP contribution is -2.51. The molecule has 2 saturated carbocycles. The van der Waals surface area contributed by atoms with Gasteiger partial charge in [-0.15, -0.1) is 0 Å². The number of fused-ring (bicyclic) bond motifs is 1. The van der Waals surface area contributed by atoms with Crippen LogP contribution in [0.2, 0.25) is 0 Å². The Hall–Kier alpha value is -3.80. The largest absolute Gasteiger partial charge is 0.461 e. The van der Waals surface area contributed by atoms with Gasteiger partial charge in [-0.3, -0.25) is 15.0 Å². The van der Waals surface area contributed by atoms with Crippen LogP contribution >= 0.6 is 8.22 Å². The first kappa shape index (κ1) is 38.4. The van der Waals surface area contributed by atoms with Crippen molar-refractivity contribution >= 4 is 37.5 Å². The molecule has 274 valence electrons. The Morgan fingerprint density at radius 1 is 0.941 bits per heavy atom. The van der Waals surface area contributed by atoms with Gasteiger partial charge in [0.2, 0.25) is 0 Å². The summed E-state index contributed by atoms with van der Waals surface area (Å²) < 4.78 is 19.1. The third kappa shape index (κ3) is 10.4. The van der Waals surface area contributed by atoms with E-state index in [1.165, 1.54) is 30.3 Å². The SMILES string of the molecule is CC(Cn1cnc2c(N)ncnc21)OCP(NC(C)(C)C=O)NC(C)(C)C(=O)OC1CC(c2ccccc2)C1.COC1CC(c2ccccc2)C1. The zero-order valence-corrected chi connectivity index (χ0v) is 31.4. The lowest BCUT2D eigenvalue weighted by atomic mass is 9.77. The number of hydrogen-bond acceptors (Lipinski definition) is 11. The number of nitrogens with two attached hydrogens (primary N) is 1. The van der Waals surface area contributed by atoms with Gasteiger partial charge in [0, 0.05) is 7.11 Å². The number of nitrogen functional groups attached to an aromatic ring is 1. The van der Waals surface area contributed by atoms with Gasteiger partial charge >= 0.3 is 5.97 Å². The van der Waals surface area contributed by atoms with Crippen LogP contribution in [0.1, 0.15) is 83.3 Å². The Labute approximate surface area is 302 Å². The molecule has 0 radical (unpaired) electrons. The molecule has 6 rings (SSSR count). The molecule has 0 amide bonds. The predicted octanol–water partition coefficient (Wildman–Crippen LogP) is 6.09. The topological polar surface area (TPSA) is 156 Å². The van der Waals surface area contributed by atoms with E-state index in [0.717, 1.165) is 25.0 Å². The van der Waals surface area contributed by atoms with Crippen LogP contribution < -0.4 is 15.9 Å². The average molecular weight is 718 g/mol. The summed E-state index contributed by atoms with van der Waals surface area (Å²) in [5.74, 6) is 1.16. The molecule has 13 heteroatoms. The molecule has 0 spiro atoms. The minimum Gasteiger partial charge on any atom is -0.461 e. The lowest BCUT2D eigenvalue weighted by molar-refractivity contribution is -0.159. The summed E-state index contributed by atoms with van der Waals surface area (Å²) in [5, 5.41) is 6.68. The van der Waals surface area contributed by atoms with Crippen molar-refractivity contribution in [2.45, 2.75) is 108 Å². The fraction of sp³-hybridized carbons (Fsp3) is 0.500. The standard InChI is InChI=1S/C27H38N7O4P.C11H14O/c1-18(13-34-16-31-22-23(28)29-15-30-24(22)34)37-17-39(32-26(2,3)14-35)33-27(4,5)25(36)38-21-11-20(12-21)19-9-7-6-8-10-19;1-12-11-7-10(8-11)9-5-3-2-4-6-9/h6-10,14-16,18,20-21,32-33H,11-13,17H2,1-5H3,(H2,28,29,30);2-6,10-11H,7-8H2,1H3. The lowest BCUT2D eigenvalue weighted by Gasteiger charge is -2.39. The number of carbonyl (C=O) groups is 2. The maximum Gasteiger partial charge on any atom is 0.326 e. The second-order valence-corrected chi connectivity index (χ2v) is 16.2. The second kappa shape index (κ2) is 17.1. The van der Waals surface area contributed by atoms with E-state index < -0.39 is 19.3 Å². The fourth-order valence-electron chi connectivity index (χ4n) is 6.13. The number of anilines is 1. The van der Waals surface area contributed by atoms with Gasteiger partial charge in [-0.2, -0.15) is 0 Å². The molecule has 2 heterocycles. The highest BCUT2D eigenvalue weighted by Gasteiger charge is 2.39. The zero-order valence-electron chi connectivity index (χ0n) is 30.5. The Morgan fingerprint density at radius 2 is 1.53 bits per heavy atom. The van der Waals surface area contributed by atoms with E-state index in [1.54, 1.807) is 41.1 Å². The van der Waals surface area contributed by atoms with Crippen LogP contribution in [0.3, 0.4) is 0 Å². The van der Waals surface area contributed by atoms with Gasteiger partial charge in [0.25, 0.3) is 0 Å². The Morgan fingerprint density at radius 3 is 2.10 bits per heavy atom. The molecule has 0 bridgehead atoms. The second-order valence-electron chi connectivity index (χ2n) is 14.6. The number of nitrogens with one attached hydrogen (secondary N) is 2. The van der Waals surface area contributed by atoms with Crippen LogP contribution in [0.25, 0.3) is 11.2 Å². The van der Waals surface area contributed by atoms with Crippen LogP contribution in [-0.2, 0) is 30.3 Å². The summed E-state index contributed by atoms with van der Waals surface area (Å²) >= 11 is 0. The molecule has 2 aliphatic rings. The van der Waals surface area contributed by atoms with E-state index in [0.29, 0.717) is 35.5 Å². The Bertz CT molecular complexity index is 1710. The van der Waals surface area contributed by atoms with Gasteiger partial charge in [0.05, 0.1) is 45.2 Å². The van der Waals surface area contributed by atoms with Crippen LogP contribution in [0.5, 0.6) is 0 Å². The van der Waals surface area contributed by atoms with E-state index in [9.17, 15) is 9.59 Å². The van der Waals surface area contributed by atoms with Crippen molar-refractivity contribution in [2.24, 2.45) is 0 Å². The van der Waals surface area contributed by atoms with E-state index >= 15 is 0 Å². The summed E-state index contributed by atoms with van der Waals surface area (Å²) in [7, 11) is 0.506. The highest BCUT2D eigenvalue weighted by Crippen LogP contribution is 2.40. The summed E-state index contributed by atoms with van der Waals surface area (Å²) in [6, 6.07) is 21.0. The van der Waals surface area contributed by atoms with Crippen LogP contribution in [-0.4, -0.2) is 74.6 Å². The minimum absolute atomic E-state index is 0.103. The number of aldehydes is 1. The molecule has 2 fully saturated rings. The molecule has 0 aliphatic heterocycles. The smallest absolute Gasteiger partial charge is 0.326 e. The number of esters is 1. The van der Waals surface area contributed by atoms with E-state index in [4.69, 9.17) is 19.9 Å². The van der Waals surface area contributed by atoms with Crippen LogP contribution in [0.4, 0.5) is 5.82 Å². The molecule has 2 aromatic heterocycles. The fourth-order valence-corrected chi connectivity index (χ4v) is 8.23. The molecule has 12 nitrogen and oxygen atoms in total. The summed E-state index contributed by atoms with van der Waals surface area (Å²) in [6.07, 6.45) is 8.38. The third-order valence-electron chi connectivity index (χ3n) is 9.35. The Kier molecular flexibility index (Phi) is 12.9. The number of hydrogen-bond donors (Lipinski definition) is 3. The van der Waals surface area contributed by atoms with E-state index in [2.05, 4.69) is 67.6 Å². The van der Waals surface area contributed by atoms with Gasteiger partial charge in [0.15, 0.2) is 11.5 Å². The molecular formula is C38H52N7O5P. The third-order valence-corrected chi connectivity index (χ3v) is 11.4. The normalized spacial score (nSPS) is 21.4. The predicted molar refractivity (Wildman–Crippen MR) is 200 cm³/mol. The van der Waals surface area contributed by atoms with Gasteiger partial charge in [-0.1, -0.05) is 60.7 Å². The molecule has 2 atom stereocenters. The number of aromatic nitrogens is 4. The maximum atomic E-state index is 13.1. The summed E-state index contributed by atoms with van der Waals surface area (Å²) in [4.78, 5) is 37.3. The van der Waals surface area contributed by atoms with Gasteiger partial charge < -0.3 is 29.3 Å². The number of rotatable bonds is 15. The van der Waals surface area contributed by atoms with Crippen LogP contribution in [0, 0.1) is 0 Å².